The first kappa shape index (κ1) is 20.6. The SMILES string of the molecule is CC/C=C\CC=C/C=C/C(CCCCCCCC(=O)O)OO. The Morgan fingerprint density at radius 3 is 2.45 bits per heavy atom. The molecule has 0 aliphatic heterocycles. The molecule has 22 heavy (non-hydrogen) atoms. The Hall–Kier alpha value is -1.39. The summed E-state index contributed by atoms with van der Waals surface area (Å²) in [5.74, 6) is -0.725. The van der Waals surface area contributed by atoms with Crippen molar-refractivity contribution in [3.05, 3.63) is 36.5 Å². The van der Waals surface area contributed by atoms with Crippen LogP contribution in [0.25, 0.3) is 0 Å². The molecule has 0 rings (SSSR count). The summed E-state index contributed by atoms with van der Waals surface area (Å²) in [4.78, 5) is 14.8. The van der Waals surface area contributed by atoms with Crippen LogP contribution in [0.3, 0.4) is 0 Å². The minimum Gasteiger partial charge on any atom is -0.481 e. The Bertz CT molecular complexity index is 345. The number of carboxylic acid groups (broad SMARTS) is 1. The fourth-order valence-electron chi connectivity index (χ4n) is 2.02. The van der Waals surface area contributed by atoms with Crippen molar-refractivity contribution in [3.8, 4) is 0 Å². The lowest BCUT2D eigenvalue weighted by Crippen LogP contribution is -2.06. The molecule has 0 amide bonds. The summed E-state index contributed by atoms with van der Waals surface area (Å²) in [5, 5.41) is 17.4. The summed E-state index contributed by atoms with van der Waals surface area (Å²) in [7, 11) is 0. The zero-order valence-electron chi connectivity index (χ0n) is 13.6. The number of rotatable bonds is 14. The number of carbonyl (C=O) groups is 1. The van der Waals surface area contributed by atoms with Crippen LogP contribution in [0.2, 0.25) is 0 Å². The van der Waals surface area contributed by atoms with Crippen LogP contribution in [0.4, 0.5) is 0 Å². The third-order valence-electron chi connectivity index (χ3n) is 3.26. The van der Waals surface area contributed by atoms with Gasteiger partial charge in [-0.05, 0) is 25.7 Å². The smallest absolute Gasteiger partial charge is 0.303 e. The lowest BCUT2D eigenvalue weighted by molar-refractivity contribution is -0.267. The van der Waals surface area contributed by atoms with Gasteiger partial charge in [-0.2, -0.15) is 0 Å². The number of hydrogen-bond donors (Lipinski definition) is 2. The minimum atomic E-state index is -0.725. The highest BCUT2D eigenvalue weighted by atomic mass is 17.1. The van der Waals surface area contributed by atoms with E-state index in [9.17, 15) is 4.79 Å². The number of carboxylic acids is 1. The van der Waals surface area contributed by atoms with E-state index in [1.54, 1.807) is 0 Å². The summed E-state index contributed by atoms with van der Waals surface area (Å²) in [5.41, 5.74) is 0. The zero-order chi connectivity index (χ0) is 16.5. The van der Waals surface area contributed by atoms with Gasteiger partial charge in [0.15, 0.2) is 0 Å². The quantitative estimate of drug-likeness (QED) is 0.153. The fraction of sp³-hybridized carbons (Fsp3) is 0.611. The van der Waals surface area contributed by atoms with E-state index in [1.807, 2.05) is 18.2 Å². The third kappa shape index (κ3) is 15.0. The van der Waals surface area contributed by atoms with Crippen LogP contribution in [0, 0.1) is 0 Å². The second kappa shape index (κ2) is 16.0. The normalized spacial score (nSPS) is 13.5. The van der Waals surface area contributed by atoms with Crippen LogP contribution in [0.5, 0.6) is 0 Å². The van der Waals surface area contributed by atoms with Gasteiger partial charge in [-0.3, -0.25) is 10.1 Å². The molecule has 0 aliphatic carbocycles. The van der Waals surface area contributed by atoms with Crippen molar-refractivity contribution in [2.45, 2.75) is 70.8 Å². The first-order valence-corrected chi connectivity index (χ1v) is 8.21. The van der Waals surface area contributed by atoms with Gasteiger partial charge in [0.05, 0.1) is 0 Å². The highest BCUT2D eigenvalue weighted by Gasteiger charge is 2.03. The maximum atomic E-state index is 10.4. The molecule has 2 N–H and O–H groups in total. The van der Waals surface area contributed by atoms with Crippen molar-refractivity contribution in [3.63, 3.8) is 0 Å². The largest absolute Gasteiger partial charge is 0.481 e. The van der Waals surface area contributed by atoms with Gasteiger partial charge in [0.2, 0.25) is 0 Å². The molecule has 1 unspecified atom stereocenters. The molecule has 0 aromatic rings. The van der Waals surface area contributed by atoms with Gasteiger partial charge < -0.3 is 5.11 Å². The van der Waals surface area contributed by atoms with Gasteiger partial charge in [0, 0.05) is 6.42 Å². The maximum Gasteiger partial charge on any atom is 0.303 e. The van der Waals surface area contributed by atoms with Crippen LogP contribution >= 0.6 is 0 Å². The Morgan fingerprint density at radius 1 is 1.05 bits per heavy atom. The van der Waals surface area contributed by atoms with Crippen LogP contribution in [-0.2, 0) is 9.68 Å². The molecule has 0 spiro atoms. The molecule has 0 radical (unpaired) electrons. The lowest BCUT2D eigenvalue weighted by atomic mass is 10.1. The van der Waals surface area contributed by atoms with Crippen LogP contribution in [0.15, 0.2) is 36.5 Å². The lowest BCUT2D eigenvalue weighted by Gasteiger charge is -2.08. The Balaban J connectivity index is 3.65. The van der Waals surface area contributed by atoms with E-state index in [1.165, 1.54) is 0 Å². The topological polar surface area (TPSA) is 66.8 Å². The van der Waals surface area contributed by atoms with Gasteiger partial charge in [-0.25, -0.2) is 4.89 Å². The van der Waals surface area contributed by atoms with Gasteiger partial charge in [-0.15, -0.1) is 0 Å². The standard InChI is InChI=1S/C18H30O4/c1-2-3-4-5-6-8-11-14-17(22-21)15-12-9-7-10-13-16-18(19)20/h3-4,6,8,11,14,17,21H,2,5,7,9-10,12-13,15-16H2,1H3,(H,19,20)/b4-3-,8-6?,14-11+. The molecule has 0 fully saturated rings. The molecule has 4 nitrogen and oxygen atoms in total. The van der Waals surface area contributed by atoms with Crippen molar-refractivity contribution in [2.75, 3.05) is 0 Å². The van der Waals surface area contributed by atoms with Crippen LogP contribution in [-0.4, -0.2) is 22.4 Å². The zero-order valence-corrected chi connectivity index (χ0v) is 13.6. The van der Waals surface area contributed by atoms with E-state index in [0.717, 1.165) is 51.4 Å². The maximum absolute atomic E-state index is 10.4. The molecule has 0 aromatic heterocycles. The van der Waals surface area contributed by atoms with Gasteiger partial charge >= 0.3 is 5.97 Å². The molecule has 0 aliphatic rings. The van der Waals surface area contributed by atoms with Crippen molar-refractivity contribution in [1.82, 2.24) is 0 Å². The Morgan fingerprint density at radius 2 is 1.77 bits per heavy atom. The van der Waals surface area contributed by atoms with Crippen molar-refractivity contribution < 1.29 is 20.0 Å². The highest BCUT2D eigenvalue weighted by molar-refractivity contribution is 5.66. The van der Waals surface area contributed by atoms with E-state index < -0.39 is 5.97 Å². The van der Waals surface area contributed by atoms with E-state index in [4.69, 9.17) is 10.4 Å². The molecule has 0 bridgehead atoms. The van der Waals surface area contributed by atoms with E-state index in [-0.39, 0.29) is 12.5 Å². The van der Waals surface area contributed by atoms with Crippen molar-refractivity contribution in [1.29, 1.82) is 0 Å². The average Bonchev–Trinajstić information content (AvgIpc) is 2.50. The second-order valence-electron chi connectivity index (χ2n) is 5.27. The number of allylic oxidation sites excluding steroid dienone is 5. The summed E-state index contributed by atoms with van der Waals surface area (Å²) in [6.07, 6.45) is 19.5. The third-order valence-corrected chi connectivity index (χ3v) is 3.26. The summed E-state index contributed by atoms with van der Waals surface area (Å²) in [6, 6.07) is 0. The molecule has 4 heteroatoms. The first-order valence-electron chi connectivity index (χ1n) is 8.21. The van der Waals surface area contributed by atoms with Gasteiger partial charge in [-0.1, -0.05) is 69.1 Å². The number of unbranched alkanes of at least 4 members (excludes halogenated alkanes) is 4. The predicted molar refractivity (Wildman–Crippen MR) is 89.8 cm³/mol. The van der Waals surface area contributed by atoms with Crippen LogP contribution in [0.1, 0.15) is 64.7 Å². The fourth-order valence-corrected chi connectivity index (χ4v) is 2.02. The monoisotopic (exact) mass is 310 g/mol. The first-order chi connectivity index (χ1) is 10.7. The summed E-state index contributed by atoms with van der Waals surface area (Å²) >= 11 is 0. The predicted octanol–water partition coefficient (Wildman–Crippen LogP) is 5.13. The molecular formula is C18H30O4. The average molecular weight is 310 g/mol. The summed E-state index contributed by atoms with van der Waals surface area (Å²) in [6.45, 7) is 2.11. The van der Waals surface area contributed by atoms with Crippen molar-refractivity contribution >= 4 is 5.97 Å². The molecule has 1 atom stereocenters. The highest BCUT2D eigenvalue weighted by Crippen LogP contribution is 2.11. The van der Waals surface area contributed by atoms with E-state index >= 15 is 0 Å². The summed E-state index contributed by atoms with van der Waals surface area (Å²) < 4.78 is 0. The molecule has 0 saturated carbocycles. The molecule has 0 heterocycles. The van der Waals surface area contributed by atoms with Gasteiger partial charge in [0.25, 0.3) is 0 Å². The van der Waals surface area contributed by atoms with E-state index in [0.29, 0.717) is 0 Å². The molecular weight excluding hydrogens is 280 g/mol. The molecule has 0 saturated heterocycles. The molecule has 0 aromatic carbocycles. The second-order valence-corrected chi connectivity index (χ2v) is 5.27. The number of hydrogen-bond acceptors (Lipinski definition) is 3. The minimum absolute atomic E-state index is 0.255. The molecule has 126 valence electrons. The Kier molecular flexibility index (Phi) is 15.0. The van der Waals surface area contributed by atoms with Crippen molar-refractivity contribution in [2.24, 2.45) is 0 Å². The van der Waals surface area contributed by atoms with Gasteiger partial charge in [0.1, 0.15) is 6.10 Å². The van der Waals surface area contributed by atoms with Crippen LogP contribution < -0.4 is 0 Å². The Labute approximate surface area is 134 Å². The number of aliphatic carboxylic acids is 1. The van der Waals surface area contributed by atoms with E-state index in [2.05, 4.69) is 30.0 Å².